The molecule has 0 fully saturated rings. The summed E-state index contributed by atoms with van der Waals surface area (Å²) in [6.07, 6.45) is 0.806. The van der Waals surface area contributed by atoms with E-state index in [4.69, 9.17) is 4.74 Å². The van der Waals surface area contributed by atoms with Crippen LogP contribution in [0.3, 0.4) is 0 Å². The van der Waals surface area contributed by atoms with Gasteiger partial charge in [-0.1, -0.05) is 62.7 Å². The Balaban J connectivity index is 0.00000163. The van der Waals surface area contributed by atoms with Crippen molar-refractivity contribution >= 4 is 27.7 Å². The van der Waals surface area contributed by atoms with Crippen molar-refractivity contribution in [2.45, 2.75) is 56.6 Å². The van der Waals surface area contributed by atoms with Gasteiger partial charge in [0.2, 0.25) is 0 Å². The van der Waals surface area contributed by atoms with E-state index >= 15 is 0 Å². The van der Waals surface area contributed by atoms with Crippen molar-refractivity contribution < 1.29 is 9.84 Å². The number of rotatable bonds is 6. The highest BCUT2D eigenvalue weighted by Gasteiger charge is 2.18. The molecule has 2 rings (SSSR count). The summed E-state index contributed by atoms with van der Waals surface area (Å²) in [6.45, 7) is 10.8. The first-order valence-corrected chi connectivity index (χ1v) is 10.7. The Morgan fingerprint density at radius 2 is 1.69 bits per heavy atom. The van der Waals surface area contributed by atoms with Gasteiger partial charge < -0.3 is 9.84 Å². The summed E-state index contributed by atoms with van der Waals surface area (Å²) in [7, 11) is 1.66. The monoisotopic (exact) mass is 438 g/mol. The van der Waals surface area contributed by atoms with E-state index in [1.165, 1.54) is 10.5 Å². The lowest BCUT2D eigenvalue weighted by molar-refractivity contribution is 0.264. The summed E-state index contributed by atoms with van der Waals surface area (Å²) in [5.74, 6) is 0.909. The zero-order valence-corrected chi connectivity index (χ0v) is 19.1. The van der Waals surface area contributed by atoms with Gasteiger partial charge in [-0.2, -0.15) is 0 Å². The molecule has 0 aliphatic rings. The highest BCUT2D eigenvalue weighted by molar-refractivity contribution is 9.10. The quantitative estimate of drug-likeness (QED) is 0.509. The molecule has 0 aliphatic heterocycles. The Bertz CT molecular complexity index is 663. The van der Waals surface area contributed by atoms with E-state index in [1.54, 1.807) is 7.11 Å². The average Bonchev–Trinajstić information content (AvgIpc) is 2.62. The Labute approximate surface area is 171 Å². The fourth-order valence-electron chi connectivity index (χ4n) is 2.57. The van der Waals surface area contributed by atoms with Crippen molar-refractivity contribution in [3.8, 4) is 5.75 Å². The molecular formula is C22H31BrO2S. The standard InChI is InChI=1S/C20H25BrO2S.C2H6/c1-20(2,3)24-19-10-7-17(21)12-15(19)11-16(13-22)14-5-8-18(23-4)9-6-14;1-2/h5-10,12,16,22H,11,13H2,1-4H3;1-2H3. The number of methoxy groups -OCH3 is 1. The number of hydrogen-bond donors (Lipinski definition) is 1. The van der Waals surface area contributed by atoms with Crippen molar-refractivity contribution in [1.29, 1.82) is 0 Å². The SMILES string of the molecule is CC.COc1ccc(C(CO)Cc2cc(Br)ccc2SC(C)(C)C)cc1. The third-order valence-electron chi connectivity index (χ3n) is 3.71. The summed E-state index contributed by atoms with van der Waals surface area (Å²) in [6, 6.07) is 14.4. The molecule has 26 heavy (non-hydrogen) atoms. The highest BCUT2D eigenvalue weighted by atomic mass is 79.9. The van der Waals surface area contributed by atoms with Gasteiger partial charge in [-0.25, -0.2) is 0 Å². The second-order valence-corrected chi connectivity index (χ2v) is 9.61. The second-order valence-electron chi connectivity index (χ2n) is 6.82. The first-order valence-electron chi connectivity index (χ1n) is 9.04. The molecule has 2 nitrogen and oxygen atoms in total. The van der Waals surface area contributed by atoms with Crippen molar-refractivity contribution in [3.63, 3.8) is 0 Å². The van der Waals surface area contributed by atoms with Crippen molar-refractivity contribution in [2.75, 3.05) is 13.7 Å². The van der Waals surface area contributed by atoms with Crippen LogP contribution in [0.5, 0.6) is 5.75 Å². The van der Waals surface area contributed by atoms with Crippen LogP contribution in [0.25, 0.3) is 0 Å². The fourth-order valence-corrected chi connectivity index (χ4v) is 4.04. The Kier molecular flexibility index (Phi) is 9.77. The molecule has 4 heteroatoms. The Morgan fingerprint density at radius 1 is 1.08 bits per heavy atom. The first kappa shape index (κ1) is 23.1. The number of aliphatic hydroxyl groups excluding tert-OH is 1. The lowest BCUT2D eigenvalue weighted by atomic mass is 9.92. The van der Waals surface area contributed by atoms with Crippen LogP contribution < -0.4 is 4.74 Å². The molecular weight excluding hydrogens is 408 g/mol. The van der Waals surface area contributed by atoms with Crippen LogP contribution in [-0.4, -0.2) is 23.6 Å². The fraction of sp³-hybridized carbons (Fsp3) is 0.455. The predicted octanol–water partition coefficient (Wildman–Crippen LogP) is 6.69. The zero-order valence-electron chi connectivity index (χ0n) is 16.7. The molecule has 1 unspecified atom stereocenters. The van der Waals surface area contributed by atoms with Crippen LogP contribution in [0, 0.1) is 0 Å². The average molecular weight is 439 g/mol. The maximum atomic E-state index is 9.91. The van der Waals surface area contributed by atoms with E-state index in [-0.39, 0.29) is 17.3 Å². The van der Waals surface area contributed by atoms with Gasteiger partial charge in [0.05, 0.1) is 13.7 Å². The third kappa shape index (κ3) is 7.34. The van der Waals surface area contributed by atoms with Gasteiger partial charge in [-0.3, -0.25) is 0 Å². The summed E-state index contributed by atoms with van der Waals surface area (Å²) in [5.41, 5.74) is 2.39. The Hall–Kier alpha value is -0.970. The molecule has 0 saturated heterocycles. The zero-order chi connectivity index (χ0) is 19.7. The van der Waals surface area contributed by atoms with Crippen molar-refractivity contribution in [3.05, 3.63) is 58.1 Å². The molecule has 1 atom stereocenters. The minimum atomic E-state index is 0.0736. The summed E-state index contributed by atoms with van der Waals surface area (Å²) >= 11 is 5.44. The Morgan fingerprint density at radius 3 is 2.19 bits per heavy atom. The molecule has 0 aliphatic carbocycles. The van der Waals surface area contributed by atoms with E-state index in [0.717, 1.165) is 22.2 Å². The molecule has 0 radical (unpaired) electrons. The number of halogens is 1. The number of ether oxygens (including phenoxy) is 1. The van der Waals surface area contributed by atoms with E-state index in [2.05, 4.69) is 54.9 Å². The normalized spacial score (nSPS) is 12.2. The third-order valence-corrected chi connectivity index (χ3v) is 5.44. The van der Waals surface area contributed by atoms with Crippen molar-refractivity contribution in [2.24, 2.45) is 0 Å². The van der Waals surface area contributed by atoms with Gasteiger partial charge in [0.1, 0.15) is 5.75 Å². The summed E-state index contributed by atoms with van der Waals surface area (Å²) in [4.78, 5) is 1.28. The molecule has 0 bridgehead atoms. The van der Waals surface area contributed by atoms with E-state index in [0.29, 0.717) is 0 Å². The van der Waals surface area contributed by atoms with Crippen LogP contribution in [0.4, 0.5) is 0 Å². The van der Waals surface area contributed by atoms with E-state index in [9.17, 15) is 5.11 Å². The van der Waals surface area contributed by atoms with Gasteiger partial charge in [-0.15, -0.1) is 11.8 Å². The van der Waals surface area contributed by atoms with E-state index < -0.39 is 0 Å². The van der Waals surface area contributed by atoms with Crippen LogP contribution >= 0.6 is 27.7 Å². The number of thioether (sulfide) groups is 1. The molecule has 0 heterocycles. The second kappa shape index (κ2) is 11.0. The number of aliphatic hydroxyl groups is 1. The topological polar surface area (TPSA) is 29.5 Å². The summed E-state index contributed by atoms with van der Waals surface area (Å²) in [5, 5.41) is 9.91. The van der Waals surface area contributed by atoms with E-state index in [1.807, 2.05) is 49.9 Å². The number of benzene rings is 2. The van der Waals surface area contributed by atoms with Crippen LogP contribution in [-0.2, 0) is 6.42 Å². The minimum absolute atomic E-state index is 0.0736. The minimum Gasteiger partial charge on any atom is -0.497 e. The van der Waals surface area contributed by atoms with Crippen LogP contribution in [0.2, 0.25) is 0 Å². The largest absolute Gasteiger partial charge is 0.497 e. The molecule has 2 aromatic carbocycles. The molecule has 2 aromatic rings. The molecule has 1 N–H and O–H groups in total. The molecule has 0 saturated carbocycles. The van der Waals surface area contributed by atoms with Gasteiger partial charge in [0.15, 0.2) is 0 Å². The van der Waals surface area contributed by atoms with Gasteiger partial charge >= 0.3 is 0 Å². The van der Waals surface area contributed by atoms with Crippen LogP contribution in [0.1, 0.15) is 51.7 Å². The summed E-state index contributed by atoms with van der Waals surface area (Å²) < 4.78 is 6.44. The first-order chi connectivity index (χ1) is 12.3. The lowest BCUT2D eigenvalue weighted by Gasteiger charge is -2.22. The molecule has 0 aromatic heterocycles. The maximum absolute atomic E-state index is 9.91. The van der Waals surface area contributed by atoms with Crippen LogP contribution in [0.15, 0.2) is 51.8 Å². The maximum Gasteiger partial charge on any atom is 0.118 e. The van der Waals surface area contributed by atoms with Crippen molar-refractivity contribution in [1.82, 2.24) is 0 Å². The molecule has 0 spiro atoms. The van der Waals surface area contributed by atoms with Gasteiger partial charge in [0, 0.05) is 20.0 Å². The van der Waals surface area contributed by atoms with Gasteiger partial charge in [0.25, 0.3) is 0 Å². The smallest absolute Gasteiger partial charge is 0.118 e. The predicted molar refractivity (Wildman–Crippen MR) is 118 cm³/mol. The highest BCUT2D eigenvalue weighted by Crippen LogP contribution is 2.37. The van der Waals surface area contributed by atoms with Gasteiger partial charge in [-0.05, 0) is 47.9 Å². The molecule has 144 valence electrons. The lowest BCUT2D eigenvalue weighted by Crippen LogP contribution is -2.11. The number of hydrogen-bond acceptors (Lipinski definition) is 3. The molecule has 0 amide bonds.